The smallest absolute Gasteiger partial charge is 0.325 e. The van der Waals surface area contributed by atoms with Crippen LogP contribution in [-0.2, 0) is 0 Å². The van der Waals surface area contributed by atoms with Gasteiger partial charge in [0.25, 0.3) is 0 Å². The zero-order valence-electron chi connectivity index (χ0n) is 20.2. The molecule has 2 amide bonds. The van der Waals surface area contributed by atoms with Crippen LogP contribution in [0.5, 0.6) is 0 Å². The number of hydrogen-bond acceptors (Lipinski definition) is 3. The summed E-state index contributed by atoms with van der Waals surface area (Å²) in [4.78, 5) is 22.3. The van der Waals surface area contributed by atoms with Crippen LogP contribution in [0.3, 0.4) is 0 Å². The number of carbonyl (C=O) groups excluding carboxylic acids is 1. The molecule has 0 N–H and O–H groups in total. The van der Waals surface area contributed by atoms with Crippen LogP contribution in [0.1, 0.15) is 28.8 Å². The molecule has 2 atom stereocenters. The van der Waals surface area contributed by atoms with Crippen molar-refractivity contribution in [1.29, 1.82) is 5.26 Å². The van der Waals surface area contributed by atoms with Crippen LogP contribution in [0, 0.1) is 11.3 Å². The van der Waals surface area contributed by atoms with Gasteiger partial charge in [-0.1, -0.05) is 78.9 Å². The topological polar surface area (TPSA) is 65.2 Å². The molecule has 0 spiro atoms. The zero-order valence-corrected chi connectivity index (χ0v) is 20.2. The van der Waals surface area contributed by atoms with E-state index in [1.54, 1.807) is 12.5 Å². The number of rotatable bonds is 6. The SMILES string of the molecule is N#Cc1ccc(C(CN2CC(c3ccccc3)N(c3cccc4ccccc34)C2=O)n2ccnc2)cc1. The van der Waals surface area contributed by atoms with Gasteiger partial charge in [0.1, 0.15) is 0 Å². The maximum absolute atomic E-state index is 14.2. The Morgan fingerprint density at radius 3 is 2.43 bits per heavy atom. The van der Waals surface area contributed by atoms with Crippen LogP contribution >= 0.6 is 0 Å². The summed E-state index contributed by atoms with van der Waals surface area (Å²) in [5.41, 5.74) is 3.64. The molecule has 0 radical (unpaired) electrons. The van der Waals surface area contributed by atoms with Crippen LogP contribution in [0.15, 0.2) is 116 Å². The van der Waals surface area contributed by atoms with Gasteiger partial charge in [0, 0.05) is 30.9 Å². The summed E-state index contributed by atoms with van der Waals surface area (Å²) in [7, 11) is 0. The zero-order chi connectivity index (χ0) is 25.2. The number of carbonyl (C=O) groups is 1. The standard InChI is InChI=1S/C31H25N5O/c32-19-23-13-15-26(16-14-23)29(34-18-17-33-22-34)20-35-21-30(25-8-2-1-3-9-25)36(31(35)37)28-12-6-10-24-7-4-5-11-27(24)28/h1-18,22,29-30H,20-21H2. The summed E-state index contributed by atoms with van der Waals surface area (Å²) < 4.78 is 2.02. The summed E-state index contributed by atoms with van der Waals surface area (Å²) in [5, 5.41) is 11.4. The van der Waals surface area contributed by atoms with Crippen LogP contribution < -0.4 is 4.90 Å². The molecular formula is C31H25N5O. The predicted molar refractivity (Wildman–Crippen MR) is 144 cm³/mol. The molecule has 1 aliphatic heterocycles. The van der Waals surface area contributed by atoms with E-state index in [9.17, 15) is 10.1 Å². The molecule has 0 saturated carbocycles. The van der Waals surface area contributed by atoms with E-state index in [1.807, 2.05) is 87.3 Å². The first-order valence-corrected chi connectivity index (χ1v) is 12.3. The molecule has 2 heterocycles. The van der Waals surface area contributed by atoms with Crippen molar-refractivity contribution in [2.45, 2.75) is 12.1 Å². The Labute approximate surface area is 215 Å². The van der Waals surface area contributed by atoms with Crippen molar-refractivity contribution >= 4 is 22.5 Å². The molecule has 0 aliphatic carbocycles. The summed E-state index contributed by atoms with van der Waals surface area (Å²) in [6.45, 7) is 1.04. The molecule has 180 valence electrons. The first-order valence-electron chi connectivity index (χ1n) is 12.3. The molecule has 37 heavy (non-hydrogen) atoms. The van der Waals surface area contributed by atoms with Gasteiger partial charge in [0.05, 0.1) is 35.7 Å². The molecular weight excluding hydrogens is 458 g/mol. The Morgan fingerprint density at radius 2 is 1.68 bits per heavy atom. The Balaban J connectivity index is 1.41. The molecule has 1 fully saturated rings. The second kappa shape index (κ2) is 9.63. The number of nitriles is 1. The van der Waals surface area contributed by atoms with Crippen LogP contribution in [0.2, 0.25) is 0 Å². The molecule has 0 bridgehead atoms. The van der Waals surface area contributed by atoms with Crippen LogP contribution in [0.4, 0.5) is 10.5 Å². The number of benzene rings is 4. The summed E-state index contributed by atoms with van der Waals surface area (Å²) >= 11 is 0. The lowest BCUT2D eigenvalue weighted by atomic mass is 10.0. The van der Waals surface area contributed by atoms with Gasteiger partial charge in [-0.15, -0.1) is 0 Å². The number of hydrogen-bond donors (Lipinski definition) is 0. The Morgan fingerprint density at radius 1 is 0.919 bits per heavy atom. The Bertz CT molecular complexity index is 1570. The molecule has 1 aromatic heterocycles. The van der Waals surface area contributed by atoms with Gasteiger partial charge in [0.2, 0.25) is 0 Å². The maximum Gasteiger partial charge on any atom is 0.325 e. The average molecular weight is 484 g/mol. The molecule has 6 nitrogen and oxygen atoms in total. The number of nitrogens with zero attached hydrogens (tertiary/aromatic N) is 5. The highest BCUT2D eigenvalue weighted by Gasteiger charge is 2.40. The van der Waals surface area contributed by atoms with E-state index in [4.69, 9.17) is 0 Å². The molecule has 1 aliphatic rings. The minimum atomic E-state index is -0.136. The largest absolute Gasteiger partial charge is 0.328 e. The third kappa shape index (κ3) is 4.21. The number of anilines is 1. The first-order chi connectivity index (χ1) is 18.2. The van der Waals surface area contributed by atoms with Crippen molar-refractivity contribution in [2.24, 2.45) is 0 Å². The minimum Gasteiger partial charge on any atom is -0.328 e. The lowest BCUT2D eigenvalue weighted by molar-refractivity contribution is 0.215. The van der Waals surface area contributed by atoms with Gasteiger partial charge in [-0.05, 0) is 34.7 Å². The van der Waals surface area contributed by atoms with E-state index in [-0.39, 0.29) is 18.1 Å². The number of aromatic nitrogens is 2. The van der Waals surface area contributed by atoms with E-state index in [0.29, 0.717) is 18.7 Å². The fourth-order valence-electron chi connectivity index (χ4n) is 5.24. The highest BCUT2D eigenvalue weighted by Crippen LogP contribution is 2.39. The summed E-state index contributed by atoms with van der Waals surface area (Å²) in [6.07, 6.45) is 5.44. The van der Waals surface area contributed by atoms with Gasteiger partial charge in [-0.3, -0.25) is 4.90 Å². The third-order valence-electron chi connectivity index (χ3n) is 7.09. The van der Waals surface area contributed by atoms with Crippen molar-refractivity contribution in [3.63, 3.8) is 0 Å². The Hall–Kier alpha value is -4.89. The van der Waals surface area contributed by atoms with E-state index >= 15 is 0 Å². The highest BCUT2D eigenvalue weighted by atomic mass is 16.2. The highest BCUT2D eigenvalue weighted by molar-refractivity contribution is 6.04. The number of amides is 2. The minimum absolute atomic E-state index is 0.0241. The lowest BCUT2D eigenvalue weighted by Gasteiger charge is -2.26. The maximum atomic E-state index is 14.2. The molecule has 5 aromatic rings. The van der Waals surface area contributed by atoms with Crippen molar-refractivity contribution in [2.75, 3.05) is 18.0 Å². The van der Waals surface area contributed by atoms with Gasteiger partial charge in [-0.25, -0.2) is 9.78 Å². The van der Waals surface area contributed by atoms with Gasteiger partial charge in [-0.2, -0.15) is 5.26 Å². The van der Waals surface area contributed by atoms with Crippen molar-refractivity contribution in [3.8, 4) is 6.07 Å². The van der Waals surface area contributed by atoms with E-state index in [2.05, 4.69) is 41.4 Å². The first kappa shape index (κ1) is 22.6. The van der Waals surface area contributed by atoms with Crippen molar-refractivity contribution in [1.82, 2.24) is 14.5 Å². The number of imidazole rings is 1. The average Bonchev–Trinajstić information content (AvgIpc) is 3.60. The van der Waals surface area contributed by atoms with Crippen molar-refractivity contribution < 1.29 is 4.79 Å². The van der Waals surface area contributed by atoms with E-state index < -0.39 is 0 Å². The number of fused-ring (bicyclic) bond motifs is 1. The van der Waals surface area contributed by atoms with Gasteiger partial charge in [0.15, 0.2) is 0 Å². The monoisotopic (exact) mass is 483 g/mol. The number of urea groups is 1. The van der Waals surface area contributed by atoms with Crippen LogP contribution in [0.25, 0.3) is 10.8 Å². The molecule has 6 heteroatoms. The summed E-state index contributed by atoms with van der Waals surface area (Å²) in [6, 6.07) is 34.0. The molecule has 6 rings (SSSR count). The predicted octanol–water partition coefficient (Wildman–Crippen LogP) is 6.18. The Kier molecular flexibility index (Phi) is 5.88. The lowest BCUT2D eigenvalue weighted by Crippen LogP contribution is -2.36. The second-order valence-electron chi connectivity index (χ2n) is 9.24. The second-order valence-corrected chi connectivity index (χ2v) is 9.24. The fourth-order valence-corrected chi connectivity index (χ4v) is 5.24. The summed E-state index contributed by atoms with van der Waals surface area (Å²) in [5.74, 6) is 0. The fraction of sp³-hybridized carbons (Fsp3) is 0.129. The molecule has 2 unspecified atom stereocenters. The third-order valence-corrected chi connectivity index (χ3v) is 7.09. The van der Waals surface area contributed by atoms with E-state index in [1.165, 1.54) is 0 Å². The molecule has 1 saturated heterocycles. The van der Waals surface area contributed by atoms with Gasteiger partial charge < -0.3 is 9.47 Å². The van der Waals surface area contributed by atoms with Gasteiger partial charge >= 0.3 is 6.03 Å². The van der Waals surface area contributed by atoms with Crippen LogP contribution in [-0.4, -0.2) is 33.6 Å². The van der Waals surface area contributed by atoms with Crippen molar-refractivity contribution in [3.05, 3.63) is 132 Å². The van der Waals surface area contributed by atoms with E-state index in [0.717, 1.165) is 27.6 Å². The molecule has 4 aromatic carbocycles. The quantitative estimate of drug-likeness (QED) is 0.290. The normalized spacial score (nSPS) is 16.2.